The third kappa shape index (κ3) is 3.19. The first-order valence-electron chi connectivity index (χ1n) is 6.56. The van der Waals surface area contributed by atoms with Crippen LogP contribution in [0, 0.1) is 6.92 Å². The standard InChI is InChI=1S/C13H21N3O2S/c1-10-6-7-13(12(14)9-10)15-19(17,18)16-8-4-3-5-11(16)2/h6-7,9,11,15H,3-5,8,14H2,1-2H3. The molecule has 1 aliphatic rings. The van der Waals surface area contributed by atoms with Crippen molar-refractivity contribution >= 4 is 21.6 Å². The summed E-state index contributed by atoms with van der Waals surface area (Å²) in [5.41, 5.74) is 7.75. The minimum absolute atomic E-state index is 0.0397. The number of benzene rings is 1. The van der Waals surface area contributed by atoms with Gasteiger partial charge in [-0.05, 0) is 44.4 Å². The molecule has 19 heavy (non-hydrogen) atoms. The molecule has 0 aliphatic carbocycles. The number of nitrogens with zero attached hydrogens (tertiary/aromatic N) is 1. The Hall–Kier alpha value is -1.27. The lowest BCUT2D eigenvalue weighted by Gasteiger charge is -2.32. The van der Waals surface area contributed by atoms with Crippen molar-refractivity contribution in [2.45, 2.75) is 39.2 Å². The van der Waals surface area contributed by atoms with Gasteiger partial charge >= 0.3 is 10.2 Å². The Morgan fingerprint density at radius 2 is 2.11 bits per heavy atom. The molecule has 0 amide bonds. The van der Waals surface area contributed by atoms with Crippen LogP contribution in [0.5, 0.6) is 0 Å². The van der Waals surface area contributed by atoms with Crippen molar-refractivity contribution in [3.05, 3.63) is 23.8 Å². The van der Waals surface area contributed by atoms with Gasteiger partial charge in [0.2, 0.25) is 0 Å². The molecule has 1 heterocycles. The number of piperidine rings is 1. The predicted molar refractivity (Wildman–Crippen MR) is 78.2 cm³/mol. The van der Waals surface area contributed by atoms with Crippen molar-refractivity contribution in [3.63, 3.8) is 0 Å². The second-order valence-corrected chi connectivity index (χ2v) is 6.78. The van der Waals surface area contributed by atoms with E-state index in [1.165, 1.54) is 4.31 Å². The van der Waals surface area contributed by atoms with Crippen LogP contribution in [0.15, 0.2) is 18.2 Å². The van der Waals surface area contributed by atoms with Crippen molar-refractivity contribution < 1.29 is 8.42 Å². The molecule has 6 heteroatoms. The van der Waals surface area contributed by atoms with Crippen molar-refractivity contribution in [2.75, 3.05) is 17.0 Å². The molecule has 0 saturated carbocycles. The number of hydrogen-bond acceptors (Lipinski definition) is 3. The maximum atomic E-state index is 12.4. The van der Waals surface area contributed by atoms with Gasteiger partial charge in [-0.3, -0.25) is 4.72 Å². The quantitative estimate of drug-likeness (QED) is 0.834. The van der Waals surface area contributed by atoms with Gasteiger partial charge in [-0.1, -0.05) is 12.5 Å². The first-order valence-corrected chi connectivity index (χ1v) is 8.00. The van der Waals surface area contributed by atoms with Crippen molar-refractivity contribution in [3.8, 4) is 0 Å². The van der Waals surface area contributed by atoms with Crippen LogP contribution in [-0.4, -0.2) is 25.3 Å². The van der Waals surface area contributed by atoms with E-state index in [2.05, 4.69) is 4.72 Å². The van der Waals surface area contributed by atoms with Crippen LogP contribution in [0.25, 0.3) is 0 Å². The maximum Gasteiger partial charge on any atom is 0.301 e. The lowest BCUT2D eigenvalue weighted by atomic mass is 10.1. The number of nitrogen functional groups attached to an aromatic ring is 1. The van der Waals surface area contributed by atoms with Crippen molar-refractivity contribution in [1.82, 2.24) is 4.31 Å². The van der Waals surface area contributed by atoms with Gasteiger partial charge < -0.3 is 5.73 Å². The molecule has 1 aromatic carbocycles. The summed E-state index contributed by atoms with van der Waals surface area (Å²) in [5, 5.41) is 0. The lowest BCUT2D eigenvalue weighted by molar-refractivity contribution is 0.270. The minimum Gasteiger partial charge on any atom is -0.397 e. The van der Waals surface area contributed by atoms with E-state index in [1.54, 1.807) is 12.1 Å². The third-order valence-electron chi connectivity index (χ3n) is 3.50. The highest BCUT2D eigenvalue weighted by molar-refractivity contribution is 7.90. The number of aryl methyl sites for hydroxylation is 1. The number of nitrogens with one attached hydrogen (secondary N) is 1. The summed E-state index contributed by atoms with van der Waals surface area (Å²) in [4.78, 5) is 0. The largest absolute Gasteiger partial charge is 0.397 e. The fourth-order valence-corrected chi connectivity index (χ4v) is 3.93. The molecule has 1 atom stereocenters. The van der Waals surface area contributed by atoms with Gasteiger partial charge in [-0.15, -0.1) is 0 Å². The van der Waals surface area contributed by atoms with Crippen LogP contribution in [0.3, 0.4) is 0 Å². The average Bonchev–Trinajstić information content (AvgIpc) is 2.33. The molecule has 1 aliphatic heterocycles. The molecule has 2 rings (SSSR count). The molecule has 5 nitrogen and oxygen atoms in total. The van der Waals surface area contributed by atoms with Gasteiger partial charge in [0, 0.05) is 12.6 Å². The van der Waals surface area contributed by atoms with E-state index in [1.807, 2.05) is 19.9 Å². The topological polar surface area (TPSA) is 75.4 Å². The zero-order valence-corrected chi connectivity index (χ0v) is 12.2. The smallest absolute Gasteiger partial charge is 0.301 e. The van der Waals surface area contributed by atoms with Crippen LogP contribution in [0.4, 0.5) is 11.4 Å². The van der Waals surface area contributed by atoms with Gasteiger partial charge in [-0.2, -0.15) is 12.7 Å². The van der Waals surface area contributed by atoms with Crippen LogP contribution < -0.4 is 10.5 Å². The molecule has 0 radical (unpaired) electrons. The highest BCUT2D eigenvalue weighted by Gasteiger charge is 2.29. The summed E-state index contributed by atoms with van der Waals surface area (Å²) in [7, 11) is -3.52. The Labute approximate surface area is 115 Å². The lowest BCUT2D eigenvalue weighted by Crippen LogP contribution is -2.44. The Kier molecular flexibility index (Phi) is 4.01. The van der Waals surface area contributed by atoms with E-state index in [4.69, 9.17) is 5.73 Å². The van der Waals surface area contributed by atoms with E-state index >= 15 is 0 Å². The Morgan fingerprint density at radius 3 is 2.74 bits per heavy atom. The van der Waals surface area contributed by atoms with Gasteiger partial charge in [0.05, 0.1) is 11.4 Å². The summed E-state index contributed by atoms with van der Waals surface area (Å²) in [5.74, 6) is 0. The van der Waals surface area contributed by atoms with Crippen LogP contribution >= 0.6 is 0 Å². The average molecular weight is 283 g/mol. The molecule has 1 aromatic rings. The molecule has 0 bridgehead atoms. The zero-order valence-electron chi connectivity index (χ0n) is 11.4. The zero-order chi connectivity index (χ0) is 14.0. The normalized spacial score (nSPS) is 21.3. The fourth-order valence-electron chi connectivity index (χ4n) is 2.40. The molecule has 1 unspecified atom stereocenters. The van der Waals surface area contributed by atoms with E-state index in [9.17, 15) is 8.42 Å². The highest BCUT2D eigenvalue weighted by Crippen LogP contribution is 2.25. The van der Waals surface area contributed by atoms with Crippen molar-refractivity contribution in [1.29, 1.82) is 0 Å². The number of hydrogen-bond donors (Lipinski definition) is 2. The summed E-state index contributed by atoms with van der Waals surface area (Å²) in [6.45, 7) is 4.43. The van der Waals surface area contributed by atoms with Crippen LogP contribution in [0.1, 0.15) is 31.7 Å². The van der Waals surface area contributed by atoms with Crippen LogP contribution in [0.2, 0.25) is 0 Å². The number of anilines is 2. The third-order valence-corrected chi connectivity index (χ3v) is 5.13. The van der Waals surface area contributed by atoms with Gasteiger partial charge in [-0.25, -0.2) is 0 Å². The molecule has 1 saturated heterocycles. The van der Waals surface area contributed by atoms with Crippen LogP contribution in [-0.2, 0) is 10.2 Å². The summed E-state index contributed by atoms with van der Waals surface area (Å²) >= 11 is 0. The Bertz CT molecular complexity index is 557. The molecule has 0 spiro atoms. The Balaban J connectivity index is 2.20. The van der Waals surface area contributed by atoms with E-state index in [0.29, 0.717) is 17.9 Å². The van der Waals surface area contributed by atoms with E-state index in [-0.39, 0.29) is 6.04 Å². The van der Waals surface area contributed by atoms with Gasteiger partial charge in [0.25, 0.3) is 0 Å². The first kappa shape index (κ1) is 14.1. The summed E-state index contributed by atoms with van der Waals surface area (Å²) in [6.07, 6.45) is 2.90. The second-order valence-electron chi connectivity index (χ2n) is 5.15. The SMILES string of the molecule is Cc1ccc(NS(=O)(=O)N2CCCCC2C)c(N)c1. The van der Waals surface area contributed by atoms with E-state index < -0.39 is 10.2 Å². The molecule has 106 valence electrons. The van der Waals surface area contributed by atoms with Gasteiger partial charge in [0.1, 0.15) is 0 Å². The minimum atomic E-state index is -3.52. The van der Waals surface area contributed by atoms with Crippen molar-refractivity contribution in [2.24, 2.45) is 0 Å². The summed E-state index contributed by atoms with van der Waals surface area (Å²) < 4.78 is 28.8. The van der Waals surface area contributed by atoms with Gasteiger partial charge in [0.15, 0.2) is 0 Å². The Morgan fingerprint density at radius 1 is 1.37 bits per heavy atom. The number of rotatable bonds is 3. The maximum absolute atomic E-state index is 12.4. The monoisotopic (exact) mass is 283 g/mol. The second kappa shape index (κ2) is 5.38. The highest BCUT2D eigenvalue weighted by atomic mass is 32.2. The summed E-state index contributed by atoms with van der Waals surface area (Å²) in [6, 6.07) is 5.35. The van der Waals surface area contributed by atoms with E-state index in [0.717, 1.165) is 24.8 Å². The number of nitrogens with two attached hydrogens (primary N) is 1. The fraction of sp³-hybridized carbons (Fsp3) is 0.538. The molecule has 0 aromatic heterocycles. The molecule has 3 N–H and O–H groups in total. The molecule has 1 fully saturated rings. The first-order chi connectivity index (χ1) is 8.90. The molecular weight excluding hydrogens is 262 g/mol. The molecular formula is C13H21N3O2S. The predicted octanol–water partition coefficient (Wildman–Crippen LogP) is 2.11.